The van der Waals surface area contributed by atoms with E-state index in [0.717, 1.165) is 69.2 Å². The van der Waals surface area contributed by atoms with Crippen LogP contribution in [0, 0.1) is 0 Å². The molecule has 1 saturated heterocycles. The first kappa shape index (κ1) is 25.6. The van der Waals surface area contributed by atoms with E-state index in [0.29, 0.717) is 6.04 Å². The highest BCUT2D eigenvalue weighted by atomic mass is 32.1. The second kappa shape index (κ2) is 10.7. The number of piperidine rings is 1. The Bertz CT molecular complexity index is 946. The smallest absolute Gasteiger partial charge is 0.185 e. The van der Waals surface area contributed by atoms with E-state index in [1.54, 1.807) is 11.3 Å². The van der Waals surface area contributed by atoms with Gasteiger partial charge >= 0.3 is 0 Å². The minimum absolute atomic E-state index is 0.214. The third-order valence-electron chi connectivity index (χ3n) is 8.18. The summed E-state index contributed by atoms with van der Waals surface area (Å²) < 4.78 is 0. The lowest BCUT2D eigenvalue weighted by atomic mass is 9.63. The zero-order valence-electron chi connectivity index (χ0n) is 21.6. The molecule has 0 spiro atoms. The molecule has 0 saturated carbocycles. The van der Waals surface area contributed by atoms with Gasteiger partial charge < -0.3 is 15.7 Å². The first-order valence-electron chi connectivity index (χ1n) is 13.2. The number of fused-ring (bicyclic) bond motifs is 1. The van der Waals surface area contributed by atoms with Gasteiger partial charge in [0.05, 0.1) is 12.3 Å². The van der Waals surface area contributed by atoms with Gasteiger partial charge in [-0.25, -0.2) is 4.98 Å². The van der Waals surface area contributed by atoms with Crippen LogP contribution in [-0.4, -0.2) is 60.4 Å². The number of hydrogen-bond donors (Lipinski definition) is 2. The van der Waals surface area contributed by atoms with Crippen LogP contribution in [0.2, 0.25) is 0 Å². The predicted octanol–water partition coefficient (Wildman–Crippen LogP) is 5.16. The first-order valence-corrected chi connectivity index (χ1v) is 14.0. The maximum Gasteiger partial charge on any atom is 0.185 e. The lowest BCUT2D eigenvalue weighted by molar-refractivity contribution is 0.131. The molecule has 0 atom stereocenters. The summed E-state index contributed by atoms with van der Waals surface area (Å²) in [6, 6.07) is 7.60. The summed E-state index contributed by atoms with van der Waals surface area (Å²) in [5.74, 6) is 0. The van der Waals surface area contributed by atoms with Crippen molar-refractivity contribution in [1.82, 2.24) is 9.88 Å². The maximum absolute atomic E-state index is 9.51. The quantitative estimate of drug-likeness (QED) is 0.481. The SMILES string of the molecule is CC1(C)CCC(C)(C)c2cc(-c3csc(N4CCC(N(CCO)CCCCN)CC4)n3)ccc21. The Hall–Kier alpha value is -1.47. The summed E-state index contributed by atoms with van der Waals surface area (Å²) in [5.41, 5.74) is 11.5. The fraction of sp³-hybridized carbons (Fsp3) is 0.679. The van der Waals surface area contributed by atoms with Crippen molar-refractivity contribution in [3.63, 3.8) is 0 Å². The van der Waals surface area contributed by atoms with Crippen LogP contribution in [-0.2, 0) is 10.8 Å². The van der Waals surface area contributed by atoms with Crippen molar-refractivity contribution in [2.45, 2.75) is 83.1 Å². The van der Waals surface area contributed by atoms with Gasteiger partial charge in [-0.3, -0.25) is 4.90 Å². The monoisotopic (exact) mass is 484 g/mol. The van der Waals surface area contributed by atoms with Gasteiger partial charge in [0, 0.05) is 36.6 Å². The van der Waals surface area contributed by atoms with E-state index in [1.165, 1.54) is 29.5 Å². The van der Waals surface area contributed by atoms with E-state index in [1.807, 2.05) is 0 Å². The Labute approximate surface area is 210 Å². The minimum atomic E-state index is 0.214. The summed E-state index contributed by atoms with van der Waals surface area (Å²) in [5, 5.41) is 12.9. The number of benzene rings is 1. The molecule has 0 amide bonds. The number of anilines is 1. The fourth-order valence-corrected chi connectivity index (χ4v) is 6.67. The molecule has 3 N–H and O–H groups in total. The third kappa shape index (κ3) is 5.51. The molecule has 1 aliphatic carbocycles. The van der Waals surface area contributed by atoms with Crippen LogP contribution in [0.25, 0.3) is 11.3 Å². The molecule has 1 aromatic carbocycles. The lowest BCUT2D eigenvalue weighted by Gasteiger charge is -2.42. The maximum atomic E-state index is 9.51. The molecule has 1 aromatic heterocycles. The molecule has 34 heavy (non-hydrogen) atoms. The second-order valence-corrected chi connectivity index (χ2v) is 12.4. The van der Waals surface area contributed by atoms with E-state index in [-0.39, 0.29) is 17.4 Å². The van der Waals surface area contributed by atoms with Crippen molar-refractivity contribution in [3.8, 4) is 11.3 Å². The van der Waals surface area contributed by atoms with Gasteiger partial charge in [-0.1, -0.05) is 39.8 Å². The number of nitrogens with two attached hydrogens (primary N) is 1. The second-order valence-electron chi connectivity index (χ2n) is 11.5. The fourth-order valence-electron chi connectivity index (χ4n) is 5.78. The molecule has 188 valence electrons. The van der Waals surface area contributed by atoms with Crippen LogP contribution >= 0.6 is 11.3 Å². The van der Waals surface area contributed by atoms with E-state index in [9.17, 15) is 5.11 Å². The number of aliphatic hydroxyl groups is 1. The van der Waals surface area contributed by atoms with Gasteiger partial charge in [0.1, 0.15) is 0 Å². The number of nitrogens with zero attached hydrogens (tertiary/aromatic N) is 3. The third-order valence-corrected chi connectivity index (χ3v) is 9.08. The molecule has 2 aromatic rings. The van der Waals surface area contributed by atoms with Crippen molar-refractivity contribution in [2.75, 3.05) is 44.2 Å². The Kier molecular flexibility index (Phi) is 8.02. The average molecular weight is 485 g/mol. The van der Waals surface area contributed by atoms with Crippen LogP contribution in [0.3, 0.4) is 0 Å². The molecule has 0 bridgehead atoms. The molecule has 4 rings (SSSR count). The van der Waals surface area contributed by atoms with Gasteiger partial charge in [-0.15, -0.1) is 11.3 Å². The Balaban J connectivity index is 1.44. The molecule has 6 heteroatoms. The Morgan fingerprint density at radius 1 is 1.06 bits per heavy atom. The largest absolute Gasteiger partial charge is 0.395 e. The Morgan fingerprint density at radius 3 is 2.44 bits per heavy atom. The van der Waals surface area contributed by atoms with Crippen LogP contribution in [0.5, 0.6) is 0 Å². The predicted molar refractivity (Wildman–Crippen MR) is 145 cm³/mol. The average Bonchev–Trinajstić information content (AvgIpc) is 3.32. The van der Waals surface area contributed by atoms with Crippen LogP contribution in [0.4, 0.5) is 5.13 Å². The summed E-state index contributed by atoms with van der Waals surface area (Å²) in [6.45, 7) is 14.4. The van der Waals surface area contributed by atoms with Crippen molar-refractivity contribution >= 4 is 16.5 Å². The summed E-state index contributed by atoms with van der Waals surface area (Å²) in [6.07, 6.45) is 6.89. The first-order chi connectivity index (χ1) is 16.2. The number of unbranched alkanes of at least 4 members (excludes halogenated alkanes) is 1. The molecule has 0 radical (unpaired) electrons. The van der Waals surface area contributed by atoms with Gasteiger partial charge in [0.2, 0.25) is 0 Å². The normalized spacial score (nSPS) is 20.0. The van der Waals surface area contributed by atoms with Gasteiger partial charge in [-0.2, -0.15) is 0 Å². The Morgan fingerprint density at radius 2 is 1.76 bits per heavy atom. The lowest BCUT2D eigenvalue weighted by Crippen LogP contribution is -2.46. The molecule has 0 unspecified atom stereocenters. The molecule has 2 heterocycles. The molecular formula is C28H44N4OS. The molecule has 2 aliphatic rings. The van der Waals surface area contributed by atoms with E-state index >= 15 is 0 Å². The van der Waals surface area contributed by atoms with Crippen LogP contribution < -0.4 is 10.6 Å². The molecule has 1 fully saturated rings. The number of rotatable bonds is 9. The summed E-state index contributed by atoms with van der Waals surface area (Å²) in [4.78, 5) is 10.0. The van der Waals surface area contributed by atoms with Gasteiger partial charge in [-0.05, 0) is 79.6 Å². The highest BCUT2D eigenvalue weighted by Gasteiger charge is 2.37. The summed E-state index contributed by atoms with van der Waals surface area (Å²) >= 11 is 1.77. The number of hydrogen-bond acceptors (Lipinski definition) is 6. The minimum Gasteiger partial charge on any atom is -0.395 e. The number of aromatic nitrogens is 1. The van der Waals surface area contributed by atoms with E-state index < -0.39 is 0 Å². The zero-order valence-corrected chi connectivity index (χ0v) is 22.5. The van der Waals surface area contributed by atoms with E-state index in [2.05, 4.69) is 61.1 Å². The zero-order chi connectivity index (χ0) is 24.3. The van der Waals surface area contributed by atoms with Crippen LogP contribution in [0.1, 0.15) is 77.3 Å². The van der Waals surface area contributed by atoms with Crippen molar-refractivity contribution in [1.29, 1.82) is 0 Å². The van der Waals surface area contributed by atoms with E-state index in [4.69, 9.17) is 10.7 Å². The van der Waals surface area contributed by atoms with Crippen molar-refractivity contribution in [3.05, 3.63) is 34.7 Å². The van der Waals surface area contributed by atoms with Crippen molar-refractivity contribution < 1.29 is 5.11 Å². The number of thiazole rings is 1. The molecular weight excluding hydrogens is 440 g/mol. The molecule has 5 nitrogen and oxygen atoms in total. The van der Waals surface area contributed by atoms with Crippen LogP contribution in [0.15, 0.2) is 23.6 Å². The topological polar surface area (TPSA) is 65.6 Å². The highest BCUT2D eigenvalue weighted by molar-refractivity contribution is 7.14. The van der Waals surface area contributed by atoms with Gasteiger partial charge in [0.25, 0.3) is 0 Å². The molecule has 1 aliphatic heterocycles. The summed E-state index contributed by atoms with van der Waals surface area (Å²) in [7, 11) is 0. The van der Waals surface area contributed by atoms with Crippen molar-refractivity contribution in [2.24, 2.45) is 5.73 Å². The van der Waals surface area contributed by atoms with Gasteiger partial charge in [0.15, 0.2) is 5.13 Å². The number of aliphatic hydroxyl groups excluding tert-OH is 1. The standard InChI is InChI=1S/C28H44N4OS/c1-27(2)11-12-28(3,4)24-19-21(7-8-23(24)27)25-20-34-26(30-25)32-15-9-22(10-16-32)31(17-18-33)14-6-5-13-29/h7-8,19-20,22,33H,5-6,9-18,29H2,1-4H3. The highest BCUT2D eigenvalue weighted by Crippen LogP contribution is 2.47.